The number of carbonyl (C=O) groups excluding carboxylic acids is 3. The molecule has 1 aliphatic carbocycles. The Labute approximate surface area is 183 Å². The summed E-state index contributed by atoms with van der Waals surface area (Å²) in [6.45, 7) is -0.866. The average molecular weight is 452 g/mol. The minimum Gasteiger partial charge on any atom is -0.755 e. The van der Waals surface area contributed by atoms with Crippen LogP contribution in [0.15, 0.2) is 60.7 Å². The highest BCUT2D eigenvalue weighted by Crippen LogP contribution is 2.44. The van der Waals surface area contributed by atoms with Crippen LogP contribution in [0.4, 0.5) is 5.69 Å². The molecule has 0 radical (unpaired) electrons. The first kappa shape index (κ1) is 21.2. The number of rotatable bonds is 5. The van der Waals surface area contributed by atoms with Crippen molar-refractivity contribution in [3.8, 4) is 17.2 Å². The number of anilines is 1. The predicted molar refractivity (Wildman–Crippen MR) is 111 cm³/mol. The fourth-order valence-corrected chi connectivity index (χ4v) is 3.90. The maximum atomic E-state index is 12.9. The van der Waals surface area contributed by atoms with E-state index < -0.39 is 58.1 Å². The molecule has 2 N–H and O–H groups in total. The molecule has 162 valence electrons. The monoisotopic (exact) mass is 452 g/mol. The Kier molecular flexibility index (Phi) is 5.47. The molecule has 1 aliphatic rings. The summed E-state index contributed by atoms with van der Waals surface area (Å²) in [6, 6.07) is 14.8. The fraction of sp³-hybridized carbons (Fsp3) is 0.0455. The average Bonchev–Trinajstić information content (AvgIpc) is 2.78. The number of phenolic OH excluding ortho intramolecular Hbond substituents is 2. The Morgan fingerprint density at radius 2 is 1.50 bits per heavy atom. The van der Waals surface area contributed by atoms with Crippen LogP contribution in [0.25, 0.3) is 0 Å². The SMILES string of the molecule is O=C(CN(c1cc2c(c(O)c1O)C(=O)c1ccccc1C2=O)S(=O)[O-])Oc1ccccc1. The van der Waals surface area contributed by atoms with Crippen LogP contribution in [0.1, 0.15) is 31.8 Å². The van der Waals surface area contributed by atoms with Crippen LogP contribution >= 0.6 is 0 Å². The van der Waals surface area contributed by atoms with Gasteiger partial charge in [0.1, 0.15) is 12.3 Å². The summed E-state index contributed by atoms with van der Waals surface area (Å²) in [7, 11) is 0. The summed E-state index contributed by atoms with van der Waals surface area (Å²) in [4.78, 5) is 38.0. The molecule has 3 aromatic carbocycles. The summed E-state index contributed by atoms with van der Waals surface area (Å²) >= 11 is -3.10. The predicted octanol–water partition coefficient (Wildman–Crippen LogP) is 2.08. The van der Waals surface area contributed by atoms with Gasteiger partial charge in [-0.3, -0.25) is 18.1 Å². The normalized spacial score (nSPS) is 13.2. The second-order valence-corrected chi connectivity index (χ2v) is 7.64. The van der Waals surface area contributed by atoms with Crippen molar-refractivity contribution in [2.24, 2.45) is 0 Å². The maximum Gasteiger partial charge on any atom is 0.332 e. The quantitative estimate of drug-likeness (QED) is 0.203. The molecular weight excluding hydrogens is 438 g/mol. The lowest BCUT2D eigenvalue weighted by Crippen LogP contribution is -2.34. The van der Waals surface area contributed by atoms with Crippen molar-refractivity contribution in [2.75, 3.05) is 10.8 Å². The fourth-order valence-electron chi connectivity index (χ4n) is 3.39. The van der Waals surface area contributed by atoms with Crippen LogP contribution in [-0.2, 0) is 16.1 Å². The molecule has 0 spiro atoms. The van der Waals surface area contributed by atoms with Crippen molar-refractivity contribution in [3.63, 3.8) is 0 Å². The molecular formula is C22H14NO8S-. The van der Waals surface area contributed by atoms with Crippen LogP contribution in [0.3, 0.4) is 0 Å². The molecule has 0 aliphatic heterocycles. The van der Waals surface area contributed by atoms with Crippen LogP contribution in [0.5, 0.6) is 17.2 Å². The third-order valence-electron chi connectivity index (χ3n) is 4.84. The second kappa shape index (κ2) is 8.25. The molecule has 32 heavy (non-hydrogen) atoms. The van der Waals surface area contributed by atoms with E-state index in [0.717, 1.165) is 6.07 Å². The molecule has 3 aromatic rings. The van der Waals surface area contributed by atoms with Gasteiger partial charge < -0.3 is 19.5 Å². The van der Waals surface area contributed by atoms with E-state index in [1.54, 1.807) is 30.3 Å². The second-order valence-electron chi connectivity index (χ2n) is 6.76. The molecule has 1 unspecified atom stereocenters. The molecule has 0 aromatic heterocycles. The van der Waals surface area contributed by atoms with E-state index in [1.807, 2.05) is 0 Å². The van der Waals surface area contributed by atoms with E-state index in [-0.39, 0.29) is 22.4 Å². The number of ether oxygens (including phenoxy) is 1. The number of esters is 1. The minimum atomic E-state index is -3.10. The van der Waals surface area contributed by atoms with E-state index in [2.05, 4.69) is 0 Å². The zero-order valence-corrected chi connectivity index (χ0v) is 17.0. The first-order chi connectivity index (χ1) is 15.3. The van der Waals surface area contributed by atoms with Crippen molar-refractivity contribution in [3.05, 3.63) is 82.9 Å². The first-order valence-corrected chi connectivity index (χ1v) is 10.2. The van der Waals surface area contributed by atoms with Gasteiger partial charge in [0.2, 0.25) is 0 Å². The zero-order valence-electron chi connectivity index (χ0n) is 16.2. The number of hydrogen-bond acceptors (Lipinski definition) is 8. The largest absolute Gasteiger partial charge is 0.755 e. The van der Waals surface area contributed by atoms with E-state index in [1.165, 1.54) is 24.3 Å². The number of nitrogens with zero attached hydrogens (tertiary/aromatic N) is 1. The zero-order chi connectivity index (χ0) is 23.0. The van der Waals surface area contributed by atoms with Gasteiger partial charge >= 0.3 is 5.97 Å². The van der Waals surface area contributed by atoms with E-state index >= 15 is 0 Å². The summed E-state index contributed by atoms with van der Waals surface area (Å²) in [5, 5.41) is 20.9. The highest BCUT2D eigenvalue weighted by molar-refractivity contribution is 7.80. The summed E-state index contributed by atoms with van der Waals surface area (Å²) in [5.41, 5.74) is -1.19. The Hall–Kier alpha value is -4.02. The molecule has 0 heterocycles. The van der Waals surface area contributed by atoms with Gasteiger partial charge in [-0.15, -0.1) is 0 Å². The van der Waals surface area contributed by atoms with Gasteiger partial charge in [0, 0.05) is 28.0 Å². The van der Waals surface area contributed by atoms with Crippen LogP contribution < -0.4 is 9.04 Å². The van der Waals surface area contributed by atoms with Crippen molar-refractivity contribution < 1.29 is 38.1 Å². The minimum absolute atomic E-state index is 0.0446. The number of aromatic hydroxyl groups is 2. The first-order valence-electron chi connectivity index (χ1n) is 9.19. The number of benzene rings is 3. The lowest BCUT2D eigenvalue weighted by Gasteiger charge is -2.28. The summed E-state index contributed by atoms with van der Waals surface area (Å²) < 4.78 is 29.2. The topological polar surface area (TPSA) is 144 Å². The summed E-state index contributed by atoms with van der Waals surface area (Å²) in [6.07, 6.45) is 0. The Morgan fingerprint density at radius 3 is 2.12 bits per heavy atom. The smallest absolute Gasteiger partial charge is 0.332 e. The molecule has 4 rings (SSSR count). The molecule has 0 saturated heterocycles. The highest BCUT2D eigenvalue weighted by Gasteiger charge is 2.35. The lowest BCUT2D eigenvalue weighted by atomic mass is 9.83. The van der Waals surface area contributed by atoms with E-state index in [9.17, 15) is 33.4 Å². The van der Waals surface area contributed by atoms with Gasteiger partial charge in [-0.1, -0.05) is 42.5 Å². The number of para-hydroxylation sites is 1. The molecule has 0 bridgehead atoms. The van der Waals surface area contributed by atoms with Crippen LogP contribution in [0, 0.1) is 0 Å². The van der Waals surface area contributed by atoms with Gasteiger partial charge in [-0.2, -0.15) is 0 Å². The number of carbonyl (C=O) groups is 3. The molecule has 1 atom stereocenters. The lowest BCUT2D eigenvalue weighted by molar-refractivity contribution is -0.132. The summed E-state index contributed by atoms with van der Waals surface area (Å²) in [5.74, 6) is -4.09. The van der Waals surface area contributed by atoms with Crippen LogP contribution in [-0.4, -0.2) is 43.1 Å². The van der Waals surface area contributed by atoms with E-state index in [0.29, 0.717) is 4.31 Å². The number of hydrogen-bond donors (Lipinski definition) is 2. The van der Waals surface area contributed by atoms with Crippen molar-refractivity contribution in [1.82, 2.24) is 0 Å². The molecule has 0 amide bonds. The van der Waals surface area contributed by atoms with Crippen molar-refractivity contribution in [2.45, 2.75) is 0 Å². The Balaban J connectivity index is 1.75. The Morgan fingerprint density at radius 1 is 0.906 bits per heavy atom. The molecule has 0 fully saturated rings. The van der Waals surface area contributed by atoms with Crippen molar-refractivity contribution in [1.29, 1.82) is 0 Å². The van der Waals surface area contributed by atoms with Crippen LogP contribution in [0.2, 0.25) is 0 Å². The molecule has 10 heteroatoms. The number of phenols is 2. The van der Waals surface area contributed by atoms with E-state index in [4.69, 9.17) is 4.74 Å². The van der Waals surface area contributed by atoms with Gasteiger partial charge in [0.25, 0.3) is 0 Å². The number of fused-ring (bicyclic) bond motifs is 2. The van der Waals surface area contributed by atoms with Gasteiger partial charge in [0.15, 0.2) is 23.1 Å². The number of ketones is 2. The maximum absolute atomic E-state index is 12.9. The molecule has 9 nitrogen and oxygen atoms in total. The van der Waals surface area contributed by atoms with Crippen molar-refractivity contribution >= 4 is 34.5 Å². The Bertz CT molecular complexity index is 1290. The van der Waals surface area contributed by atoms with Gasteiger partial charge in [-0.05, 0) is 18.2 Å². The third-order valence-corrected chi connectivity index (χ3v) is 5.52. The van der Waals surface area contributed by atoms with Gasteiger partial charge in [-0.25, -0.2) is 4.79 Å². The third kappa shape index (κ3) is 3.61. The molecule has 0 saturated carbocycles. The highest BCUT2D eigenvalue weighted by atomic mass is 32.2. The van der Waals surface area contributed by atoms with Gasteiger partial charge in [0.05, 0.1) is 11.3 Å². The standard InChI is InChI=1S/C22H15NO8S/c24-17(31-12-6-2-1-3-7-12)11-23(32(29)30)16-10-15-18(22(28)21(16)27)20(26)14-9-5-4-8-13(14)19(15)25/h1-10,27-28H,11H2,(H,29,30)/p-1.